The normalized spacial score (nSPS) is 13.4. The minimum atomic E-state index is 0.165. The van der Waals surface area contributed by atoms with E-state index in [1.54, 1.807) is 7.11 Å². The van der Waals surface area contributed by atoms with Gasteiger partial charge < -0.3 is 20.7 Å². The van der Waals surface area contributed by atoms with Crippen molar-refractivity contribution in [2.45, 2.75) is 25.9 Å². The number of rotatable bonds is 6. The van der Waals surface area contributed by atoms with Gasteiger partial charge in [0.05, 0.1) is 7.11 Å². The number of hydrogen-bond acceptors (Lipinski definition) is 3. The first kappa shape index (κ1) is 17.8. The lowest BCUT2D eigenvalue weighted by Crippen LogP contribution is -2.25. The van der Waals surface area contributed by atoms with Gasteiger partial charge in [0.25, 0.3) is 0 Å². The second kappa shape index (κ2) is 8.38. The minimum Gasteiger partial charge on any atom is -0.497 e. The first-order valence-corrected chi connectivity index (χ1v) is 8.71. The third-order valence-electron chi connectivity index (χ3n) is 4.39. The molecule has 0 aromatic heterocycles. The molecule has 1 aliphatic heterocycles. The summed E-state index contributed by atoms with van der Waals surface area (Å²) in [7, 11) is 1.63. The molecule has 0 atom stereocenters. The van der Waals surface area contributed by atoms with Crippen molar-refractivity contribution in [1.29, 1.82) is 0 Å². The van der Waals surface area contributed by atoms with Crippen molar-refractivity contribution in [2.75, 3.05) is 19.0 Å². The first-order chi connectivity index (χ1) is 12.7. The zero-order valence-corrected chi connectivity index (χ0v) is 14.9. The fraction of sp³-hybridized carbons (Fsp3) is 0.300. The molecule has 136 valence electrons. The van der Waals surface area contributed by atoms with Gasteiger partial charge in [-0.1, -0.05) is 24.3 Å². The molecular formula is C20H24N4O2. The standard InChI is InChI=1S/C20H24N4O2/c1-26-18-10-8-17(9-11-18)23-20(21)22-12-4-7-19(25)24-13-15-5-2-3-6-16(15)14-24/h2-3,5-6,8-11H,4,7,12-14H2,1H3,(H3,21,22,23). The predicted molar refractivity (Wildman–Crippen MR) is 103 cm³/mol. The minimum absolute atomic E-state index is 0.165. The maximum Gasteiger partial charge on any atom is 0.223 e. The number of aliphatic imine (C=N–C) groups is 1. The van der Waals surface area contributed by atoms with Crippen LogP contribution in [0.25, 0.3) is 0 Å². The molecule has 2 aromatic rings. The highest BCUT2D eigenvalue weighted by molar-refractivity contribution is 5.92. The summed E-state index contributed by atoms with van der Waals surface area (Å²) in [5.41, 5.74) is 9.22. The summed E-state index contributed by atoms with van der Waals surface area (Å²) in [6.45, 7) is 1.93. The van der Waals surface area contributed by atoms with E-state index in [9.17, 15) is 4.79 Å². The number of amides is 1. The average molecular weight is 352 g/mol. The van der Waals surface area contributed by atoms with Crippen molar-refractivity contribution < 1.29 is 9.53 Å². The zero-order valence-electron chi connectivity index (χ0n) is 14.9. The molecule has 0 bridgehead atoms. The Morgan fingerprint density at radius 1 is 1.15 bits per heavy atom. The highest BCUT2D eigenvalue weighted by Crippen LogP contribution is 2.22. The number of guanidine groups is 1. The summed E-state index contributed by atoms with van der Waals surface area (Å²) in [5, 5.41) is 3.03. The summed E-state index contributed by atoms with van der Waals surface area (Å²) in [6, 6.07) is 15.6. The van der Waals surface area contributed by atoms with Gasteiger partial charge in [-0.15, -0.1) is 0 Å². The Morgan fingerprint density at radius 3 is 2.42 bits per heavy atom. The Balaban J connectivity index is 1.40. The summed E-state index contributed by atoms with van der Waals surface area (Å²) >= 11 is 0. The number of anilines is 1. The maximum atomic E-state index is 12.3. The average Bonchev–Trinajstić information content (AvgIpc) is 3.10. The van der Waals surface area contributed by atoms with E-state index in [2.05, 4.69) is 22.4 Å². The molecule has 1 amide bonds. The van der Waals surface area contributed by atoms with E-state index in [0.29, 0.717) is 38.4 Å². The Bertz CT molecular complexity index is 762. The molecule has 0 saturated carbocycles. The fourth-order valence-corrected chi connectivity index (χ4v) is 2.96. The van der Waals surface area contributed by atoms with Gasteiger partial charge >= 0.3 is 0 Å². The Labute approximate surface area is 153 Å². The van der Waals surface area contributed by atoms with E-state index >= 15 is 0 Å². The molecule has 2 aromatic carbocycles. The number of ether oxygens (including phenoxy) is 1. The van der Waals surface area contributed by atoms with Crippen LogP contribution in [0.3, 0.4) is 0 Å². The molecule has 0 fully saturated rings. The summed E-state index contributed by atoms with van der Waals surface area (Å²) in [5.74, 6) is 1.29. The second-order valence-corrected chi connectivity index (χ2v) is 6.24. The highest BCUT2D eigenvalue weighted by Gasteiger charge is 2.22. The highest BCUT2D eigenvalue weighted by atomic mass is 16.5. The number of methoxy groups -OCH3 is 1. The fourth-order valence-electron chi connectivity index (χ4n) is 2.96. The topological polar surface area (TPSA) is 80.0 Å². The van der Waals surface area contributed by atoms with Crippen molar-refractivity contribution >= 4 is 17.6 Å². The number of carbonyl (C=O) groups is 1. The molecule has 0 unspecified atom stereocenters. The van der Waals surface area contributed by atoms with E-state index in [1.807, 2.05) is 41.3 Å². The van der Waals surface area contributed by atoms with Gasteiger partial charge in [-0.2, -0.15) is 0 Å². The third-order valence-corrected chi connectivity index (χ3v) is 4.39. The van der Waals surface area contributed by atoms with Crippen LogP contribution in [-0.4, -0.2) is 30.4 Å². The summed E-state index contributed by atoms with van der Waals surface area (Å²) in [6.07, 6.45) is 1.16. The number of fused-ring (bicyclic) bond motifs is 1. The molecule has 0 aliphatic carbocycles. The van der Waals surface area contributed by atoms with Crippen LogP contribution in [0.15, 0.2) is 53.5 Å². The van der Waals surface area contributed by atoms with Crippen LogP contribution in [0.5, 0.6) is 5.75 Å². The summed E-state index contributed by atoms with van der Waals surface area (Å²) in [4.78, 5) is 18.5. The number of nitrogens with zero attached hydrogens (tertiary/aromatic N) is 2. The molecule has 0 spiro atoms. The van der Waals surface area contributed by atoms with Crippen molar-refractivity contribution in [3.8, 4) is 5.75 Å². The van der Waals surface area contributed by atoms with Gasteiger partial charge in [0, 0.05) is 31.7 Å². The smallest absolute Gasteiger partial charge is 0.223 e. The molecule has 6 nitrogen and oxygen atoms in total. The molecule has 3 N–H and O–H groups in total. The van der Waals surface area contributed by atoms with Crippen molar-refractivity contribution in [2.24, 2.45) is 10.7 Å². The Kier molecular flexibility index (Phi) is 5.73. The molecule has 6 heteroatoms. The Morgan fingerprint density at radius 2 is 1.81 bits per heavy atom. The number of carbonyl (C=O) groups excluding carboxylic acids is 1. The third kappa shape index (κ3) is 4.53. The molecule has 0 radical (unpaired) electrons. The largest absolute Gasteiger partial charge is 0.497 e. The number of nitrogens with one attached hydrogen (secondary N) is 1. The molecule has 0 saturated heterocycles. The van der Waals surface area contributed by atoms with E-state index in [4.69, 9.17) is 10.5 Å². The lowest BCUT2D eigenvalue weighted by molar-refractivity contribution is -0.131. The van der Waals surface area contributed by atoms with Crippen LogP contribution >= 0.6 is 0 Å². The van der Waals surface area contributed by atoms with E-state index in [1.165, 1.54) is 11.1 Å². The lowest BCUT2D eigenvalue weighted by Gasteiger charge is -2.14. The monoisotopic (exact) mass is 352 g/mol. The lowest BCUT2D eigenvalue weighted by atomic mass is 10.1. The number of benzene rings is 2. The van der Waals surface area contributed by atoms with Gasteiger partial charge in [-0.3, -0.25) is 9.79 Å². The van der Waals surface area contributed by atoms with Crippen LogP contribution in [0, 0.1) is 0 Å². The van der Waals surface area contributed by atoms with Crippen LogP contribution in [0.1, 0.15) is 24.0 Å². The van der Waals surface area contributed by atoms with Crippen molar-refractivity contribution in [3.63, 3.8) is 0 Å². The Hall–Kier alpha value is -3.02. The predicted octanol–water partition coefficient (Wildman–Crippen LogP) is 2.74. The van der Waals surface area contributed by atoms with Gasteiger partial charge in [0.2, 0.25) is 5.91 Å². The van der Waals surface area contributed by atoms with E-state index < -0.39 is 0 Å². The van der Waals surface area contributed by atoms with Gasteiger partial charge in [0.1, 0.15) is 5.75 Å². The molecule has 3 rings (SSSR count). The molecular weight excluding hydrogens is 328 g/mol. The van der Waals surface area contributed by atoms with Gasteiger partial charge in [0.15, 0.2) is 5.96 Å². The van der Waals surface area contributed by atoms with Gasteiger partial charge in [-0.05, 0) is 41.8 Å². The van der Waals surface area contributed by atoms with E-state index in [0.717, 1.165) is 11.4 Å². The van der Waals surface area contributed by atoms with Gasteiger partial charge in [-0.25, -0.2) is 0 Å². The van der Waals surface area contributed by atoms with Crippen LogP contribution in [0.4, 0.5) is 5.69 Å². The molecule has 26 heavy (non-hydrogen) atoms. The zero-order chi connectivity index (χ0) is 18.4. The van der Waals surface area contributed by atoms with Crippen molar-refractivity contribution in [1.82, 2.24) is 4.90 Å². The second-order valence-electron chi connectivity index (χ2n) is 6.24. The molecule has 1 heterocycles. The first-order valence-electron chi connectivity index (χ1n) is 8.71. The molecule has 1 aliphatic rings. The quantitative estimate of drug-likeness (QED) is 0.476. The van der Waals surface area contributed by atoms with E-state index in [-0.39, 0.29) is 5.91 Å². The van der Waals surface area contributed by atoms with Crippen LogP contribution < -0.4 is 15.8 Å². The SMILES string of the molecule is COc1ccc(NC(N)=NCCCC(=O)N2Cc3ccccc3C2)cc1. The van der Waals surface area contributed by atoms with Crippen molar-refractivity contribution in [3.05, 3.63) is 59.7 Å². The maximum absolute atomic E-state index is 12.3. The summed E-state index contributed by atoms with van der Waals surface area (Å²) < 4.78 is 5.11. The van der Waals surface area contributed by atoms with Crippen LogP contribution in [-0.2, 0) is 17.9 Å². The number of nitrogens with two attached hydrogens (primary N) is 1. The van der Waals surface area contributed by atoms with Crippen LogP contribution in [0.2, 0.25) is 0 Å². The number of hydrogen-bond donors (Lipinski definition) is 2.